The summed E-state index contributed by atoms with van der Waals surface area (Å²) in [4.78, 5) is 76.8. The van der Waals surface area contributed by atoms with Crippen molar-refractivity contribution < 1.29 is 57.4 Å². The summed E-state index contributed by atoms with van der Waals surface area (Å²) in [5, 5.41) is 1.96. The summed E-state index contributed by atoms with van der Waals surface area (Å²) in [7, 11) is -18.4. The van der Waals surface area contributed by atoms with Crippen molar-refractivity contribution in [2.75, 3.05) is 64.4 Å². The molecular formula is C10H28N4O12P4. The molecule has 0 unspecified atom stereocenters. The summed E-state index contributed by atoms with van der Waals surface area (Å²) in [6.45, 7) is -0.688. The summed E-state index contributed by atoms with van der Waals surface area (Å²) >= 11 is 0. The van der Waals surface area contributed by atoms with E-state index in [0.29, 0.717) is 0 Å². The molecule has 0 saturated carbocycles. The first-order chi connectivity index (χ1) is 13.3. The fourth-order valence-corrected chi connectivity index (χ4v) is 5.95. The molecule has 0 spiro atoms. The maximum absolute atomic E-state index is 11.5. The van der Waals surface area contributed by atoms with E-state index in [-0.39, 0.29) is 39.3 Å². The Morgan fingerprint density at radius 2 is 0.667 bits per heavy atom. The lowest BCUT2D eigenvalue weighted by Gasteiger charge is -2.39. The van der Waals surface area contributed by atoms with Gasteiger partial charge in [-0.3, -0.25) is 28.1 Å². The Morgan fingerprint density at radius 1 is 0.433 bits per heavy atom. The Balaban J connectivity index is 3.20. The van der Waals surface area contributed by atoms with E-state index in [0.717, 1.165) is 10.0 Å². The molecule has 0 bridgehead atoms. The summed E-state index contributed by atoms with van der Waals surface area (Å²) in [5.41, 5.74) is 0. The molecule has 16 nitrogen and oxygen atoms in total. The van der Waals surface area contributed by atoms with Gasteiger partial charge in [-0.2, -0.15) is 0 Å². The molecule has 1 fully saturated rings. The van der Waals surface area contributed by atoms with E-state index in [4.69, 9.17) is 0 Å². The van der Waals surface area contributed by atoms with Gasteiger partial charge in [0.2, 0.25) is 0 Å². The van der Waals surface area contributed by atoms with Gasteiger partial charge < -0.3 is 39.1 Å². The standard InChI is InChI=1S/C10H28N4O12P4/c15-27(16,17)7-11-1-2-12(8-28(18,19)20)4-6-14(10-30(24,25)26)13(5-3-11)9-29(21,22)23/h1-10H2,(H2,15,16,17)(H2,18,19,20)(H2,21,22,23)(H2,24,25,26). The second kappa shape index (κ2) is 11.0. The smallest absolute Gasteiger partial charge is 0.324 e. The lowest BCUT2D eigenvalue weighted by molar-refractivity contribution is -0.0186. The molecule has 0 aliphatic carbocycles. The molecular weight excluding hydrogens is 492 g/mol. The van der Waals surface area contributed by atoms with Gasteiger partial charge in [0, 0.05) is 39.3 Å². The van der Waals surface area contributed by atoms with Crippen molar-refractivity contribution in [3.05, 3.63) is 0 Å². The number of rotatable bonds is 8. The van der Waals surface area contributed by atoms with E-state index in [2.05, 4.69) is 0 Å². The van der Waals surface area contributed by atoms with Gasteiger partial charge >= 0.3 is 30.4 Å². The average molecular weight is 520 g/mol. The van der Waals surface area contributed by atoms with Crippen LogP contribution < -0.4 is 0 Å². The second-order valence-corrected chi connectivity index (χ2v) is 13.4. The molecule has 0 aromatic carbocycles. The van der Waals surface area contributed by atoms with E-state index in [1.165, 1.54) is 9.80 Å². The number of hydrogen-bond acceptors (Lipinski definition) is 8. The van der Waals surface area contributed by atoms with E-state index >= 15 is 0 Å². The monoisotopic (exact) mass is 520 g/mol. The minimum Gasteiger partial charge on any atom is -0.324 e. The highest BCUT2D eigenvalue weighted by Crippen LogP contribution is 2.40. The molecule has 180 valence electrons. The minimum atomic E-state index is -4.68. The van der Waals surface area contributed by atoms with Crippen molar-refractivity contribution in [3.63, 3.8) is 0 Å². The van der Waals surface area contributed by atoms with Crippen LogP contribution in [0, 0.1) is 0 Å². The largest absolute Gasteiger partial charge is 0.340 e. The zero-order valence-corrected chi connectivity index (χ0v) is 19.4. The van der Waals surface area contributed by atoms with E-state index in [1.807, 2.05) is 0 Å². The van der Waals surface area contributed by atoms with Gasteiger partial charge in [0.05, 0.1) is 0 Å². The highest BCUT2D eigenvalue weighted by Gasteiger charge is 2.32. The molecule has 0 aromatic rings. The van der Waals surface area contributed by atoms with Crippen LogP contribution in [-0.4, -0.2) is 123 Å². The minimum absolute atomic E-state index is 0.00659. The summed E-state index contributed by atoms with van der Waals surface area (Å²) in [5.74, 6) is 0. The van der Waals surface area contributed by atoms with Crippen LogP contribution in [0.25, 0.3) is 0 Å². The lowest BCUT2D eigenvalue weighted by Crippen LogP contribution is -2.52. The van der Waals surface area contributed by atoms with Crippen molar-refractivity contribution >= 4 is 30.4 Å². The van der Waals surface area contributed by atoms with Gasteiger partial charge in [-0.15, -0.1) is 0 Å². The molecule has 1 saturated heterocycles. The molecule has 0 aromatic heterocycles. The quantitative estimate of drug-likeness (QED) is 0.156. The molecule has 20 heteroatoms. The van der Waals surface area contributed by atoms with Crippen LogP contribution >= 0.6 is 30.4 Å². The van der Waals surface area contributed by atoms with Crippen molar-refractivity contribution in [2.24, 2.45) is 0 Å². The van der Waals surface area contributed by atoms with Crippen LogP contribution in [0.2, 0.25) is 0 Å². The van der Waals surface area contributed by atoms with E-state index in [9.17, 15) is 57.4 Å². The predicted molar refractivity (Wildman–Crippen MR) is 104 cm³/mol. The van der Waals surface area contributed by atoms with Crippen LogP contribution in [0.3, 0.4) is 0 Å². The van der Waals surface area contributed by atoms with Crippen molar-refractivity contribution in [1.82, 2.24) is 19.8 Å². The highest BCUT2D eigenvalue weighted by atomic mass is 31.2. The normalized spacial score (nSPS) is 21.1. The summed E-state index contributed by atoms with van der Waals surface area (Å²) in [6, 6.07) is 0. The van der Waals surface area contributed by atoms with Gasteiger partial charge in [-0.05, 0) is 0 Å². The lowest BCUT2D eigenvalue weighted by atomic mass is 10.4. The SMILES string of the molecule is O=P(O)(O)CN1CCN(CP(=O)(O)O)CCN(CP(=O)(O)O)N(CP(=O)(O)O)CC1. The van der Waals surface area contributed by atoms with Crippen LogP contribution in [0.5, 0.6) is 0 Å². The average Bonchev–Trinajstić information content (AvgIpc) is 2.46. The molecule has 0 atom stereocenters. The Bertz CT molecular complexity index is 683. The Kier molecular flexibility index (Phi) is 10.5. The molecule has 1 aliphatic heterocycles. The third-order valence-electron chi connectivity index (χ3n) is 3.94. The van der Waals surface area contributed by atoms with Crippen LogP contribution in [0.15, 0.2) is 0 Å². The summed E-state index contributed by atoms with van der Waals surface area (Å²) in [6.07, 6.45) is -3.23. The topological polar surface area (TPSA) is 243 Å². The molecule has 0 amide bonds. The van der Waals surface area contributed by atoms with Crippen LogP contribution in [0.1, 0.15) is 0 Å². The third-order valence-corrected chi connectivity index (χ3v) is 6.87. The van der Waals surface area contributed by atoms with Crippen molar-refractivity contribution in [3.8, 4) is 0 Å². The maximum atomic E-state index is 11.5. The second-order valence-electron chi connectivity index (χ2n) is 6.92. The number of hydrogen-bond donors (Lipinski definition) is 8. The number of hydrazine groups is 1. The molecule has 1 heterocycles. The van der Waals surface area contributed by atoms with Gasteiger partial charge in [-0.1, -0.05) is 0 Å². The fourth-order valence-electron chi connectivity index (χ4n) is 2.85. The van der Waals surface area contributed by atoms with Gasteiger partial charge in [0.15, 0.2) is 0 Å². The first-order valence-electron chi connectivity index (χ1n) is 8.46. The van der Waals surface area contributed by atoms with E-state index in [1.54, 1.807) is 0 Å². The van der Waals surface area contributed by atoms with Crippen LogP contribution in [0.4, 0.5) is 0 Å². The maximum Gasteiger partial charge on any atom is 0.340 e. The molecule has 1 rings (SSSR count). The van der Waals surface area contributed by atoms with Gasteiger partial charge in [-0.25, -0.2) is 10.0 Å². The van der Waals surface area contributed by atoms with Gasteiger partial charge in [0.25, 0.3) is 0 Å². The first kappa shape index (κ1) is 28.5. The Morgan fingerprint density at radius 3 is 0.900 bits per heavy atom. The van der Waals surface area contributed by atoms with Gasteiger partial charge in [0.1, 0.15) is 25.1 Å². The number of nitrogens with zero attached hydrogens (tertiary/aromatic N) is 4. The first-order valence-corrected chi connectivity index (χ1v) is 15.6. The fraction of sp³-hybridized carbons (Fsp3) is 1.00. The third kappa shape index (κ3) is 13.8. The zero-order chi connectivity index (χ0) is 23.4. The zero-order valence-electron chi connectivity index (χ0n) is 15.9. The molecule has 1 aliphatic rings. The predicted octanol–water partition coefficient (Wildman–Crippen LogP) is -2.34. The summed E-state index contributed by atoms with van der Waals surface area (Å²) < 4.78 is 45.8. The van der Waals surface area contributed by atoms with Crippen molar-refractivity contribution in [1.29, 1.82) is 0 Å². The molecule has 0 radical (unpaired) electrons. The molecule has 8 N–H and O–H groups in total. The highest BCUT2D eigenvalue weighted by molar-refractivity contribution is 7.52. The molecule has 30 heavy (non-hydrogen) atoms. The Labute approximate surface area is 172 Å². The van der Waals surface area contributed by atoms with E-state index < -0.39 is 55.5 Å². The van der Waals surface area contributed by atoms with Crippen molar-refractivity contribution in [2.45, 2.75) is 0 Å². The van der Waals surface area contributed by atoms with Crippen LogP contribution in [-0.2, 0) is 18.3 Å². The Hall–Kier alpha value is 0.440.